The van der Waals surface area contributed by atoms with Gasteiger partial charge in [0, 0.05) is 13.1 Å². The summed E-state index contributed by atoms with van der Waals surface area (Å²) >= 11 is 0. The standard InChI is InChI=1S/C30H37NO3/c1-29(2)14-15-30(3,4)27-24(21-12-16-31(5)17-13-21)18-23(19-25(27)29)26(32)11-8-20-6-9-22(10-7-20)28(33)34/h6-12,18-19,26,32H,13-17H2,1-5H3,(H,33,34)/b11-8-. The minimum Gasteiger partial charge on any atom is -0.478 e. The van der Waals surface area contributed by atoms with Gasteiger partial charge in [0.1, 0.15) is 0 Å². The quantitative estimate of drug-likeness (QED) is 0.559. The van der Waals surface area contributed by atoms with Crippen LogP contribution in [0.15, 0.2) is 48.6 Å². The molecule has 4 heteroatoms. The second-order valence-corrected chi connectivity index (χ2v) is 11.2. The highest BCUT2D eigenvalue weighted by Crippen LogP contribution is 2.49. The number of hydrogen-bond acceptors (Lipinski definition) is 3. The molecule has 180 valence electrons. The molecule has 0 fully saturated rings. The number of fused-ring (bicyclic) bond motifs is 1. The molecule has 0 spiro atoms. The predicted octanol–water partition coefficient (Wildman–Crippen LogP) is 6.20. The van der Waals surface area contributed by atoms with Crippen LogP contribution in [-0.4, -0.2) is 41.2 Å². The molecule has 2 aliphatic rings. The Morgan fingerprint density at radius 1 is 1.06 bits per heavy atom. The molecule has 0 aromatic heterocycles. The van der Waals surface area contributed by atoms with Crippen molar-refractivity contribution in [2.24, 2.45) is 0 Å². The van der Waals surface area contributed by atoms with Crippen molar-refractivity contribution in [3.63, 3.8) is 0 Å². The molecule has 2 N–H and O–H groups in total. The number of carboxylic acid groups (broad SMARTS) is 1. The van der Waals surface area contributed by atoms with Gasteiger partial charge in [0.05, 0.1) is 11.7 Å². The molecule has 0 saturated heterocycles. The number of carboxylic acids is 1. The van der Waals surface area contributed by atoms with Crippen molar-refractivity contribution < 1.29 is 15.0 Å². The first-order chi connectivity index (χ1) is 16.0. The summed E-state index contributed by atoms with van der Waals surface area (Å²) < 4.78 is 0. The Labute approximate surface area is 203 Å². The summed E-state index contributed by atoms with van der Waals surface area (Å²) in [5, 5.41) is 20.3. The average molecular weight is 460 g/mol. The Morgan fingerprint density at radius 2 is 1.74 bits per heavy atom. The van der Waals surface area contributed by atoms with Crippen LogP contribution >= 0.6 is 0 Å². The lowest BCUT2D eigenvalue weighted by atomic mass is 9.61. The fraction of sp³-hybridized carbons (Fsp3) is 0.433. The normalized spacial score (nSPS) is 20.6. The first kappa shape index (κ1) is 24.4. The van der Waals surface area contributed by atoms with E-state index in [4.69, 9.17) is 5.11 Å². The molecule has 2 aromatic carbocycles. The van der Waals surface area contributed by atoms with E-state index < -0.39 is 12.1 Å². The Kier molecular flexibility index (Phi) is 6.58. The van der Waals surface area contributed by atoms with Crippen LogP contribution in [0.25, 0.3) is 11.6 Å². The molecule has 0 bridgehead atoms. The Morgan fingerprint density at radius 3 is 2.35 bits per heavy atom. The van der Waals surface area contributed by atoms with Crippen molar-refractivity contribution >= 4 is 17.6 Å². The molecule has 2 aromatic rings. The van der Waals surface area contributed by atoms with Crippen LogP contribution < -0.4 is 0 Å². The summed E-state index contributed by atoms with van der Waals surface area (Å²) in [6.07, 6.45) is 8.57. The Bertz CT molecular complexity index is 1140. The van der Waals surface area contributed by atoms with Crippen molar-refractivity contribution in [1.29, 1.82) is 0 Å². The number of benzene rings is 2. The fourth-order valence-corrected chi connectivity index (χ4v) is 5.30. The highest BCUT2D eigenvalue weighted by molar-refractivity contribution is 5.87. The van der Waals surface area contributed by atoms with Crippen LogP contribution in [0.2, 0.25) is 0 Å². The predicted molar refractivity (Wildman–Crippen MR) is 139 cm³/mol. The van der Waals surface area contributed by atoms with Crippen LogP contribution in [0.1, 0.15) is 91.2 Å². The Hall–Kier alpha value is -2.69. The molecular weight excluding hydrogens is 422 g/mol. The van der Waals surface area contributed by atoms with Gasteiger partial charge in [-0.25, -0.2) is 4.79 Å². The van der Waals surface area contributed by atoms with E-state index in [0.29, 0.717) is 0 Å². The highest BCUT2D eigenvalue weighted by Gasteiger charge is 2.39. The molecule has 1 unspecified atom stereocenters. The summed E-state index contributed by atoms with van der Waals surface area (Å²) in [4.78, 5) is 13.4. The zero-order valence-corrected chi connectivity index (χ0v) is 21.1. The van der Waals surface area contributed by atoms with Gasteiger partial charge in [0.25, 0.3) is 0 Å². The lowest BCUT2D eigenvalue weighted by Gasteiger charge is -2.44. The molecule has 1 atom stereocenters. The maximum absolute atomic E-state index is 11.2. The van der Waals surface area contributed by atoms with Gasteiger partial charge >= 0.3 is 5.97 Å². The molecule has 0 radical (unpaired) electrons. The maximum Gasteiger partial charge on any atom is 0.335 e. The van der Waals surface area contributed by atoms with Crippen molar-refractivity contribution in [2.75, 3.05) is 20.1 Å². The summed E-state index contributed by atoms with van der Waals surface area (Å²) in [6, 6.07) is 11.1. The summed E-state index contributed by atoms with van der Waals surface area (Å²) in [6.45, 7) is 11.4. The molecule has 1 aliphatic heterocycles. The number of likely N-dealkylation sites (N-methyl/N-ethyl adjacent to an activating group) is 1. The van der Waals surface area contributed by atoms with Crippen molar-refractivity contribution in [3.8, 4) is 0 Å². The van der Waals surface area contributed by atoms with E-state index in [1.807, 2.05) is 6.08 Å². The second kappa shape index (κ2) is 9.16. The summed E-state index contributed by atoms with van der Waals surface area (Å²) in [5.74, 6) is -0.939. The third-order valence-corrected chi connectivity index (χ3v) is 7.67. The summed E-state index contributed by atoms with van der Waals surface area (Å²) in [7, 11) is 2.16. The number of rotatable bonds is 5. The van der Waals surface area contributed by atoms with Gasteiger partial charge in [-0.2, -0.15) is 0 Å². The molecular formula is C30H37NO3. The SMILES string of the molecule is CN1CC=C(c2cc(C(O)/C=C\c3ccc(C(=O)O)cc3)cc3c2C(C)(C)CCC3(C)C)CC1. The van der Waals surface area contributed by atoms with E-state index >= 15 is 0 Å². The third kappa shape index (κ3) is 4.89. The molecule has 0 amide bonds. The van der Waals surface area contributed by atoms with Gasteiger partial charge in [-0.1, -0.05) is 64.1 Å². The van der Waals surface area contributed by atoms with Crippen LogP contribution in [0.3, 0.4) is 0 Å². The third-order valence-electron chi connectivity index (χ3n) is 7.67. The van der Waals surface area contributed by atoms with E-state index in [1.165, 1.54) is 22.3 Å². The number of hydrogen-bond donors (Lipinski definition) is 2. The fourth-order valence-electron chi connectivity index (χ4n) is 5.30. The van der Waals surface area contributed by atoms with E-state index in [2.05, 4.69) is 57.9 Å². The monoisotopic (exact) mass is 459 g/mol. The number of carbonyl (C=O) groups is 1. The zero-order chi connectivity index (χ0) is 24.7. The Balaban J connectivity index is 1.76. The van der Waals surface area contributed by atoms with Gasteiger partial charge < -0.3 is 15.1 Å². The minimum absolute atomic E-state index is 0.0533. The van der Waals surface area contributed by atoms with E-state index in [1.54, 1.807) is 30.3 Å². The van der Waals surface area contributed by atoms with E-state index in [0.717, 1.165) is 43.5 Å². The molecule has 4 rings (SSSR count). The topological polar surface area (TPSA) is 60.8 Å². The van der Waals surface area contributed by atoms with Gasteiger partial charge in [-0.05, 0) is 88.7 Å². The maximum atomic E-state index is 11.2. The highest BCUT2D eigenvalue weighted by atomic mass is 16.4. The molecule has 4 nitrogen and oxygen atoms in total. The average Bonchev–Trinajstić information content (AvgIpc) is 2.80. The molecule has 1 heterocycles. The van der Waals surface area contributed by atoms with Gasteiger partial charge in [0.15, 0.2) is 0 Å². The number of aromatic carboxylic acids is 1. The number of aliphatic hydroxyl groups excluding tert-OH is 1. The first-order valence-corrected chi connectivity index (χ1v) is 12.2. The smallest absolute Gasteiger partial charge is 0.335 e. The van der Waals surface area contributed by atoms with Gasteiger partial charge in [-0.3, -0.25) is 0 Å². The molecule has 1 aliphatic carbocycles. The first-order valence-electron chi connectivity index (χ1n) is 12.2. The van der Waals surface area contributed by atoms with Crippen LogP contribution in [0.4, 0.5) is 0 Å². The number of nitrogens with zero attached hydrogens (tertiary/aromatic N) is 1. The van der Waals surface area contributed by atoms with Crippen LogP contribution in [0.5, 0.6) is 0 Å². The van der Waals surface area contributed by atoms with Gasteiger partial charge in [0.2, 0.25) is 0 Å². The van der Waals surface area contributed by atoms with Crippen LogP contribution in [0, 0.1) is 0 Å². The van der Waals surface area contributed by atoms with E-state index in [9.17, 15) is 9.90 Å². The van der Waals surface area contributed by atoms with Crippen molar-refractivity contribution in [2.45, 2.75) is 63.9 Å². The lowest BCUT2D eigenvalue weighted by molar-refractivity contribution is 0.0697. The van der Waals surface area contributed by atoms with E-state index in [-0.39, 0.29) is 16.4 Å². The largest absolute Gasteiger partial charge is 0.478 e. The second-order valence-electron chi connectivity index (χ2n) is 11.2. The minimum atomic E-state index is -0.939. The number of aliphatic hydroxyl groups is 1. The molecule has 34 heavy (non-hydrogen) atoms. The van der Waals surface area contributed by atoms with Crippen molar-refractivity contribution in [3.05, 3.63) is 81.9 Å². The van der Waals surface area contributed by atoms with Gasteiger partial charge in [-0.15, -0.1) is 0 Å². The van der Waals surface area contributed by atoms with Crippen LogP contribution in [-0.2, 0) is 10.8 Å². The van der Waals surface area contributed by atoms with Crippen molar-refractivity contribution in [1.82, 2.24) is 4.90 Å². The summed E-state index contributed by atoms with van der Waals surface area (Å²) in [5.41, 5.74) is 7.68. The molecule has 0 saturated carbocycles. The lowest BCUT2D eigenvalue weighted by Crippen LogP contribution is -2.35. The zero-order valence-electron chi connectivity index (χ0n) is 21.1.